The molecule has 4 rings (SSSR count). The number of benzene rings is 2. The SMILES string of the molecule is COc1cc(C=Nc2sc3c(c2C(=O)Nc2ccc(Cl)cc2)CC[C@@H](C(C)(C)C)C3)cc(I)c1O. The lowest BCUT2D eigenvalue weighted by atomic mass is 9.72. The second kappa shape index (κ2) is 10.5. The Kier molecular flexibility index (Phi) is 7.78. The maximum absolute atomic E-state index is 13.5. The number of halogens is 2. The fourth-order valence-electron chi connectivity index (χ4n) is 4.32. The summed E-state index contributed by atoms with van der Waals surface area (Å²) in [5, 5.41) is 14.5. The molecule has 1 atom stereocenters. The van der Waals surface area contributed by atoms with Crippen molar-refractivity contribution in [2.24, 2.45) is 16.3 Å². The number of ether oxygens (including phenoxy) is 1. The molecular weight excluding hydrogens is 595 g/mol. The van der Waals surface area contributed by atoms with Gasteiger partial charge < -0.3 is 15.2 Å². The number of phenols is 1. The number of carbonyl (C=O) groups is 1. The number of thiophene rings is 1. The zero-order valence-corrected chi connectivity index (χ0v) is 23.8. The maximum atomic E-state index is 13.5. The number of methoxy groups -OCH3 is 1. The summed E-state index contributed by atoms with van der Waals surface area (Å²) in [5.41, 5.74) is 3.43. The number of fused-ring (bicyclic) bond motifs is 1. The van der Waals surface area contributed by atoms with Crippen LogP contribution in [0.25, 0.3) is 0 Å². The van der Waals surface area contributed by atoms with Crippen molar-refractivity contribution >= 4 is 68.3 Å². The van der Waals surface area contributed by atoms with Gasteiger partial charge in [-0.05, 0) is 101 Å². The number of hydrogen-bond acceptors (Lipinski definition) is 5. The fourth-order valence-corrected chi connectivity index (χ4v) is 6.34. The van der Waals surface area contributed by atoms with Crippen LogP contribution in [0.15, 0.2) is 41.4 Å². The highest BCUT2D eigenvalue weighted by molar-refractivity contribution is 14.1. The minimum Gasteiger partial charge on any atom is -0.504 e. The Hall–Kier alpha value is -2.10. The van der Waals surface area contributed by atoms with Gasteiger partial charge in [0.1, 0.15) is 5.00 Å². The Morgan fingerprint density at radius 2 is 2.00 bits per heavy atom. The molecule has 0 spiro atoms. The zero-order chi connectivity index (χ0) is 25.3. The van der Waals surface area contributed by atoms with E-state index in [0.717, 1.165) is 30.4 Å². The summed E-state index contributed by atoms with van der Waals surface area (Å²) in [5.74, 6) is 0.885. The molecule has 1 aliphatic rings. The molecule has 0 bridgehead atoms. The summed E-state index contributed by atoms with van der Waals surface area (Å²) in [4.78, 5) is 19.5. The van der Waals surface area contributed by atoms with Gasteiger partial charge in [-0.25, -0.2) is 4.99 Å². The maximum Gasteiger partial charge on any atom is 0.259 e. The van der Waals surface area contributed by atoms with Crippen LogP contribution in [0.5, 0.6) is 11.5 Å². The normalized spacial score (nSPS) is 15.8. The Bertz CT molecular complexity index is 1280. The van der Waals surface area contributed by atoms with Gasteiger partial charge in [0.15, 0.2) is 11.5 Å². The number of nitrogens with one attached hydrogen (secondary N) is 1. The van der Waals surface area contributed by atoms with E-state index >= 15 is 0 Å². The van der Waals surface area contributed by atoms with Crippen LogP contribution in [0, 0.1) is 14.9 Å². The largest absolute Gasteiger partial charge is 0.504 e. The van der Waals surface area contributed by atoms with E-state index in [1.807, 2.05) is 6.07 Å². The number of anilines is 1. The first-order valence-corrected chi connectivity index (χ1v) is 13.7. The first kappa shape index (κ1) is 26.0. The second-order valence-corrected chi connectivity index (χ2v) is 12.4. The van der Waals surface area contributed by atoms with E-state index in [1.54, 1.807) is 47.9 Å². The summed E-state index contributed by atoms with van der Waals surface area (Å²) >= 11 is 9.66. The van der Waals surface area contributed by atoms with Crippen molar-refractivity contribution in [3.05, 3.63) is 66.6 Å². The molecule has 0 aliphatic heterocycles. The van der Waals surface area contributed by atoms with E-state index < -0.39 is 0 Å². The van der Waals surface area contributed by atoms with Gasteiger partial charge in [-0.15, -0.1) is 11.3 Å². The van der Waals surface area contributed by atoms with Crippen LogP contribution in [0.2, 0.25) is 5.02 Å². The highest BCUT2D eigenvalue weighted by Gasteiger charge is 2.33. The van der Waals surface area contributed by atoms with Gasteiger partial charge in [-0.3, -0.25) is 4.79 Å². The number of phenolic OH excluding ortho intramolecular Hbond substituents is 1. The summed E-state index contributed by atoms with van der Waals surface area (Å²) < 4.78 is 5.95. The molecule has 35 heavy (non-hydrogen) atoms. The fraction of sp³-hybridized carbons (Fsp3) is 0.333. The topological polar surface area (TPSA) is 70.9 Å². The molecule has 0 saturated heterocycles. The first-order chi connectivity index (χ1) is 16.6. The monoisotopic (exact) mass is 622 g/mol. The zero-order valence-electron chi connectivity index (χ0n) is 20.1. The number of aromatic hydroxyl groups is 1. The number of nitrogens with zero attached hydrogens (tertiary/aromatic N) is 1. The minimum absolute atomic E-state index is 0.105. The summed E-state index contributed by atoms with van der Waals surface area (Å²) in [7, 11) is 1.52. The molecule has 1 heterocycles. The lowest BCUT2D eigenvalue weighted by Gasteiger charge is -2.33. The summed E-state index contributed by atoms with van der Waals surface area (Å²) in [6, 6.07) is 10.7. The van der Waals surface area contributed by atoms with E-state index in [4.69, 9.17) is 21.3 Å². The smallest absolute Gasteiger partial charge is 0.259 e. The molecule has 184 valence electrons. The van der Waals surface area contributed by atoms with Gasteiger partial charge >= 0.3 is 0 Å². The number of rotatable bonds is 5. The molecule has 1 aromatic heterocycles. The molecule has 0 unspecified atom stereocenters. The van der Waals surface area contributed by atoms with Crippen LogP contribution in [0.3, 0.4) is 0 Å². The predicted octanol–water partition coefficient (Wildman–Crippen LogP) is 7.87. The average Bonchev–Trinajstić information content (AvgIpc) is 3.18. The van der Waals surface area contributed by atoms with E-state index in [9.17, 15) is 9.90 Å². The van der Waals surface area contributed by atoms with Crippen LogP contribution in [0.1, 0.15) is 53.6 Å². The molecule has 0 saturated carbocycles. The van der Waals surface area contributed by atoms with Crippen molar-refractivity contribution in [3.8, 4) is 11.5 Å². The van der Waals surface area contributed by atoms with Crippen LogP contribution < -0.4 is 10.1 Å². The predicted molar refractivity (Wildman–Crippen MR) is 153 cm³/mol. The summed E-state index contributed by atoms with van der Waals surface area (Å²) in [6.45, 7) is 6.84. The lowest BCUT2D eigenvalue weighted by Crippen LogP contribution is -2.27. The molecule has 1 amide bonds. The van der Waals surface area contributed by atoms with Crippen molar-refractivity contribution in [2.75, 3.05) is 12.4 Å². The standard InChI is InChI=1S/C27H28ClIN2O3S/c1-27(2,3)16-5-10-19-22(13-16)35-26(23(19)25(33)31-18-8-6-17(28)7-9-18)30-14-15-11-20(29)24(32)21(12-15)34-4/h6-9,11-12,14,16,32H,5,10,13H2,1-4H3,(H,31,33)/t16-/m1/s1. The van der Waals surface area contributed by atoms with E-state index in [2.05, 4.69) is 48.7 Å². The van der Waals surface area contributed by atoms with Crippen LogP contribution in [0.4, 0.5) is 10.7 Å². The van der Waals surface area contributed by atoms with Gasteiger partial charge in [0.25, 0.3) is 5.91 Å². The highest BCUT2D eigenvalue weighted by Crippen LogP contribution is 2.45. The third kappa shape index (κ3) is 5.84. The quantitative estimate of drug-likeness (QED) is 0.225. The van der Waals surface area contributed by atoms with Gasteiger partial charge in [0.2, 0.25) is 0 Å². The Morgan fingerprint density at radius 1 is 1.29 bits per heavy atom. The van der Waals surface area contributed by atoms with Gasteiger partial charge in [0.05, 0.1) is 16.2 Å². The second-order valence-electron chi connectivity index (χ2n) is 9.76. The van der Waals surface area contributed by atoms with Gasteiger partial charge in [0, 0.05) is 21.8 Å². The van der Waals surface area contributed by atoms with Crippen molar-refractivity contribution in [3.63, 3.8) is 0 Å². The third-order valence-corrected chi connectivity index (χ3v) is 8.64. The molecular formula is C27H28ClIN2O3S. The van der Waals surface area contributed by atoms with E-state index in [-0.39, 0.29) is 17.1 Å². The minimum atomic E-state index is -0.163. The van der Waals surface area contributed by atoms with Crippen molar-refractivity contribution < 1.29 is 14.6 Å². The van der Waals surface area contributed by atoms with Crippen LogP contribution in [-0.4, -0.2) is 24.3 Å². The number of amides is 1. The number of carbonyl (C=O) groups excluding carboxylic acids is 1. The molecule has 1 aliphatic carbocycles. The van der Waals surface area contributed by atoms with Gasteiger partial charge in [-0.2, -0.15) is 0 Å². The van der Waals surface area contributed by atoms with Crippen molar-refractivity contribution in [1.29, 1.82) is 0 Å². The molecule has 2 N–H and O–H groups in total. The molecule has 3 aromatic rings. The summed E-state index contributed by atoms with van der Waals surface area (Å²) in [6.07, 6.45) is 4.58. The highest BCUT2D eigenvalue weighted by atomic mass is 127. The Morgan fingerprint density at radius 3 is 2.66 bits per heavy atom. The van der Waals surface area contributed by atoms with Crippen molar-refractivity contribution in [2.45, 2.75) is 40.0 Å². The van der Waals surface area contributed by atoms with E-state index in [0.29, 0.717) is 36.5 Å². The molecule has 5 nitrogen and oxygen atoms in total. The van der Waals surface area contributed by atoms with Crippen LogP contribution in [-0.2, 0) is 12.8 Å². The molecule has 2 aromatic carbocycles. The molecule has 0 radical (unpaired) electrons. The third-order valence-electron chi connectivity index (χ3n) is 6.40. The van der Waals surface area contributed by atoms with Gasteiger partial charge in [-0.1, -0.05) is 32.4 Å². The number of hydrogen-bond donors (Lipinski definition) is 2. The van der Waals surface area contributed by atoms with Crippen molar-refractivity contribution in [1.82, 2.24) is 0 Å². The Labute approximate surface area is 228 Å². The lowest BCUT2D eigenvalue weighted by molar-refractivity contribution is 0.102. The molecule has 0 fully saturated rings. The number of aliphatic imine (C=N–C) groups is 1. The van der Waals surface area contributed by atoms with E-state index in [1.165, 1.54) is 12.0 Å². The Balaban J connectivity index is 1.72. The average molecular weight is 623 g/mol. The molecule has 8 heteroatoms. The first-order valence-electron chi connectivity index (χ1n) is 11.4. The van der Waals surface area contributed by atoms with Crippen LogP contribution >= 0.6 is 45.5 Å².